The van der Waals surface area contributed by atoms with E-state index < -0.39 is 26.9 Å². The molecule has 166 valence electrons. The number of aliphatic hydroxyl groups excluding tert-OH is 1. The summed E-state index contributed by atoms with van der Waals surface area (Å²) in [7, 11) is -3.59. The number of anilines is 2. The number of nitrogens with zero attached hydrogens (tertiary/aromatic N) is 2. The van der Waals surface area contributed by atoms with E-state index in [1.807, 2.05) is 13.8 Å². The molecule has 0 bridgehead atoms. The molecule has 0 radical (unpaired) electrons. The first-order chi connectivity index (χ1) is 14.0. The van der Waals surface area contributed by atoms with Gasteiger partial charge < -0.3 is 10.4 Å². The van der Waals surface area contributed by atoms with E-state index in [1.165, 1.54) is 18.2 Å². The fourth-order valence-electron chi connectivity index (χ4n) is 2.80. The standard InChI is InChI=1S/C19H26F2N4O3S2/c1-11(2)8-13(10-26)22-19-23-16(25-30(4,27)28)9-17(24-19)29-12(3)14-6-5-7-15(20)18(14)21/h5-7,9,11-13,26H,8,10H2,1-4H3,(H2,22,23,24,25)/t12?,13-/m1/s1. The number of hydrogen-bond donors (Lipinski definition) is 3. The molecule has 2 aromatic rings. The molecule has 0 aliphatic carbocycles. The van der Waals surface area contributed by atoms with E-state index in [0.29, 0.717) is 17.4 Å². The van der Waals surface area contributed by atoms with Crippen LogP contribution in [0.2, 0.25) is 0 Å². The van der Waals surface area contributed by atoms with Crippen LogP contribution >= 0.6 is 11.8 Å². The molecule has 0 saturated heterocycles. The maximum atomic E-state index is 14.1. The van der Waals surface area contributed by atoms with Gasteiger partial charge in [-0.3, -0.25) is 4.72 Å². The lowest BCUT2D eigenvalue weighted by molar-refractivity contribution is 0.259. The number of hydrogen-bond acceptors (Lipinski definition) is 7. The van der Waals surface area contributed by atoms with Gasteiger partial charge in [-0.05, 0) is 25.3 Å². The van der Waals surface area contributed by atoms with Crippen LogP contribution in [0, 0.1) is 17.6 Å². The lowest BCUT2D eigenvalue weighted by Gasteiger charge is -2.19. The zero-order valence-electron chi connectivity index (χ0n) is 17.2. The van der Waals surface area contributed by atoms with E-state index in [2.05, 4.69) is 20.0 Å². The second-order valence-corrected chi connectivity index (χ2v) is 10.5. The molecule has 2 atom stereocenters. The molecule has 0 fully saturated rings. The minimum absolute atomic E-state index is 0.0330. The van der Waals surface area contributed by atoms with E-state index in [0.717, 1.165) is 24.1 Å². The van der Waals surface area contributed by atoms with Crippen LogP contribution in [-0.4, -0.2) is 42.4 Å². The summed E-state index contributed by atoms with van der Waals surface area (Å²) >= 11 is 1.13. The molecule has 0 spiro atoms. The molecule has 0 saturated carbocycles. The number of aromatic nitrogens is 2. The van der Waals surface area contributed by atoms with Crippen molar-refractivity contribution in [3.63, 3.8) is 0 Å². The average Bonchev–Trinajstić information content (AvgIpc) is 2.61. The van der Waals surface area contributed by atoms with Gasteiger partial charge in [0.25, 0.3) is 0 Å². The smallest absolute Gasteiger partial charge is 0.230 e. The zero-order valence-corrected chi connectivity index (χ0v) is 18.8. The average molecular weight is 461 g/mol. The van der Waals surface area contributed by atoms with E-state index in [4.69, 9.17) is 0 Å². The third-order valence-corrected chi connectivity index (χ3v) is 5.66. The van der Waals surface area contributed by atoms with Crippen LogP contribution in [0.15, 0.2) is 29.3 Å². The molecule has 1 unspecified atom stereocenters. The Bertz CT molecular complexity index is 974. The highest BCUT2D eigenvalue weighted by atomic mass is 32.2. The number of rotatable bonds is 10. The van der Waals surface area contributed by atoms with E-state index in [9.17, 15) is 22.3 Å². The van der Waals surface area contributed by atoms with Gasteiger partial charge in [0, 0.05) is 16.9 Å². The molecule has 0 amide bonds. The summed E-state index contributed by atoms with van der Waals surface area (Å²) in [5.74, 6) is -1.42. The van der Waals surface area contributed by atoms with Gasteiger partial charge >= 0.3 is 0 Å². The van der Waals surface area contributed by atoms with Crippen LogP contribution in [0.3, 0.4) is 0 Å². The molecule has 0 aliphatic rings. The Balaban J connectivity index is 2.34. The molecule has 1 aromatic heterocycles. The van der Waals surface area contributed by atoms with Gasteiger partial charge in [-0.25, -0.2) is 22.2 Å². The van der Waals surface area contributed by atoms with Crippen LogP contribution in [0.1, 0.15) is 38.0 Å². The van der Waals surface area contributed by atoms with Crippen LogP contribution in [0.5, 0.6) is 0 Å². The molecular formula is C19H26F2N4O3S2. The topological polar surface area (TPSA) is 104 Å². The summed E-state index contributed by atoms with van der Waals surface area (Å²) < 4.78 is 53.3. The highest BCUT2D eigenvalue weighted by molar-refractivity contribution is 7.99. The summed E-state index contributed by atoms with van der Waals surface area (Å²) in [4.78, 5) is 8.51. The molecule has 1 aromatic carbocycles. The van der Waals surface area contributed by atoms with Crippen molar-refractivity contribution in [1.29, 1.82) is 0 Å². The first-order valence-corrected chi connectivity index (χ1v) is 12.1. The molecule has 1 heterocycles. The number of aliphatic hydroxyl groups is 1. The Labute approximate surface area is 179 Å². The van der Waals surface area contributed by atoms with Gasteiger partial charge in [0.05, 0.1) is 18.9 Å². The lowest BCUT2D eigenvalue weighted by atomic mass is 10.0. The molecule has 3 N–H and O–H groups in total. The Morgan fingerprint density at radius 1 is 1.20 bits per heavy atom. The van der Waals surface area contributed by atoms with Crippen molar-refractivity contribution in [3.05, 3.63) is 41.5 Å². The summed E-state index contributed by atoms with van der Waals surface area (Å²) in [5, 5.41) is 12.5. The number of nitrogens with one attached hydrogen (secondary N) is 2. The van der Waals surface area contributed by atoms with Crippen molar-refractivity contribution < 1.29 is 22.3 Å². The van der Waals surface area contributed by atoms with Crippen LogP contribution in [-0.2, 0) is 10.0 Å². The van der Waals surface area contributed by atoms with Gasteiger partial charge in [0.2, 0.25) is 16.0 Å². The fourth-order valence-corrected chi connectivity index (χ4v) is 4.28. The maximum absolute atomic E-state index is 14.1. The van der Waals surface area contributed by atoms with E-state index >= 15 is 0 Å². The molecule has 7 nitrogen and oxygen atoms in total. The Morgan fingerprint density at radius 2 is 1.90 bits per heavy atom. The predicted octanol–water partition coefficient (Wildman–Crippen LogP) is 3.80. The molecule has 2 rings (SSSR count). The van der Waals surface area contributed by atoms with Crippen LogP contribution < -0.4 is 10.0 Å². The van der Waals surface area contributed by atoms with Crippen molar-refractivity contribution in [2.75, 3.05) is 22.9 Å². The van der Waals surface area contributed by atoms with Crippen molar-refractivity contribution in [1.82, 2.24) is 9.97 Å². The van der Waals surface area contributed by atoms with E-state index in [1.54, 1.807) is 6.92 Å². The fraction of sp³-hybridized carbons (Fsp3) is 0.474. The van der Waals surface area contributed by atoms with Gasteiger partial charge in [-0.1, -0.05) is 37.7 Å². The molecule has 30 heavy (non-hydrogen) atoms. The van der Waals surface area contributed by atoms with Crippen LogP contribution in [0.4, 0.5) is 20.5 Å². The summed E-state index contributed by atoms with van der Waals surface area (Å²) in [5.41, 5.74) is 0.166. The Kier molecular flexibility index (Phi) is 8.39. The second-order valence-electron chi connectivity index (χ2n) is 7.35. The van der Waals surface area contributed by atoms with Crippen LogP contribution in [0.25, 0.3) is 0 Å². The first kappa shape index (κ1) is 24.3. The molecular weight excluding hydrogens is 434 g/mol. The number of benzene rings is 1. The van der Waals surface area contributed by atoms with Gasteiger partial charge in [0.1, 0.15) is 10.8 Å². The third kappa shape index (κ3) is 7.37. The van der Waals surface area contributed by atoms with Gasteiger partial charge in [-0.15, -0.1) is 0 Å². The Morgan fingerprint density at radius 3 is 2.50 bits per heavy atom. The quantitative estimate of drug-likeness (QED) is 0.366. The maximum Gasteiger partial charge on any atom is 0.230 e. The van der Waals surface area contributed by atoms with E-state index in [-0.39, 0.29) is 30.0 Å². The summed E-state index contributed by atoms with van der Waals surface area (Å²) in [6, 6.07) is 5.04. The normalized spacial score (nSPS) is 13.9. The minimum Gasteiger partial charge on any atom is -0.394 e. The lowest BCUT2D eigenvalue weighted by Crippen LogP contribution is -2.27. The first-order valence-electron chi connectivity index (χ1n) is 9.33. The summed E-state index contributed by atoms with van der Waals surface area (Å²) in [6.45, 7) is 5.54. The zero-order chi connectivity index (χ0) is 22.5. The molecule has 11 heteroatoms. The monoisotopic (exact) mass is 460 g/mol. The highest BCUT2D eigenvalue weighted by Crippen LogP contribution is 2.36. The minimum atomic E-state index is -3.59. The van der Waals surface area contributed by atoms with Gasteiger partial charge in [-0.2, -0.15) is 4.98 Å². The van der Waals surface area contributed by atoms with Crippen molar-refractivity contribution in [3.8, 4) is 0 Å². The van der Waals surface area contributed by atoms with Crippen molar-refractivity contribution in [2.24, 2.45) is 5.92 Å². The largest absolute Gasteiger partial charge is 0.394 e. The second kappa shape index (κ2) is 10.4. The van der Waals surface area contributed by atoms with Crippen molar-refractivity contribution >= 4 is 33.6 Å². The number of halogens is 2. The molecule has 0 aliphatic heterocycles. The van der Waals surface area contributed by atoms with Crippen molar-refractivity contribution in [2.45, 2.75) is 43.5 Å². The Hall–Kier alpha value is -1.98. The van der Waals surface area contributed by atoms with Gasteiger partial charge in [0.15, 0.2) is 11.6 Å². The third-order valence-electron chi connectivity index (χ3n) is 4.02. The number of sulfonamides is 1. The number of thioether (sulfide) groups is 1. The highest BCUT2D eigenvalue weighted by Gasteiger charge is 2.19. The summed E-state index contributed by atoms with van der Waals surface area (Å²) in [6.07, 6.45) is 1.64. The SMILES string of the molecule is CC(C)C[C@H](CO)Nc1nc(NS(C)(=O)=O)cc(SC(C)c2cccc(F)c2F)n1. The predicted molar refractivity (Wildman–Crippen MR) is 115 cm³/mol.